The molecule has 122 valence electrons. The summed E-state index contributed by atoms with van der Waals surface area (Å²) in [6.45, 7) is 6.47. The molecule has 0 amide bonds. The highest BCUT2D eigenvalue weighted by atomic mass is 16.6. The van der Waals surface area contributed by atoms with Crippen LogP contribution in [0.15, 0.2) is 17.4 Å². The Morgan fingerprint density at radius 3 is 2.48 bits per heavy atom. The first kappa shape index (κ1) is 15.6. The van der Waals surface area contributed by atoms with Gasteiger partial charge in [0.05, 0.1) is 0 Å². The fourth-order valence-corrected chi connectivity index (χ4v) is 3.04. The van der Waals surface area contributed by atoms with E-state index in [-0.39, 0.29) is 28.4 Å². The summed E-state index contributed by atoms with van der Waals surface area (Å²) in [4.78, 5) is 24.6. The number of aromatic hydroxyl groups is 1. The molecule has 3 atom stereocenters. The number of esters is 1. The molecule has 1 aromatic carbocycles. The summed E-state index contributed by atoms with van der Waals surface area (Å²) in [5.74, 6) is -1.31. The smallest absolute Gasteiger partial charge is 0.347 e. The van der Waals surface area contributed by atoms with Gasteiger partial charge in [0.2, 0.25) is 0 Å². The summed E-state index contributed by atoms with van der Waals surface area (Å²) in [5, 5.41) is 20.1. The number of aliphatic hydroxyl groups excluding tert-OH is 1. The number of Topliss-reactive ketones (excluding diaryl/α,β-unsaturated/α-hetero) is 1. The van der Waals surface area contributed by atoms with Crippen molar-refractivity contribution >= 4 is 11.8 Å². The van der Waals surface area contributed by atoms with Gasteiger partial charge in [0, 0.05) is 17.1 Å². The van der Waals surface area contributed by atoms with Gasteiger partial charge < -0.3 is 19.7 Å². The molecule has 6 nitrogen and oxygen atoms in total. The summed E-state index contributed by atoms with van der Waals surface area (Å²) in [7, 11) is 0. The maximum atomic E-state index is 12.5. The Morgan fingerprint density at radius 2 is 1.83 bits per heavy atom. The fourth-order valence-electron chi connectivity index (χ4n) is 3.04. The molecule has 1 aliphatic heterocycles. The van der Waals surface area contributed by atoms with E-state index in [0.29, 0.717) is 11.1 Å². The minimum atomic E-state index is -1.22. The first-order chi connectivity index (χ1) is 10.7. The van der Waals surface area contributed by atoms with Gasteiger partial charge in [-0.05, 0) is 32.4 Å². The number of rotatable bonds is 0. The van der Waals surface area contributed by atoms with Crippen LogP contribution < -0.4 is 4.74 Å². The molecule has 3 rings (SSSR count). The van der Waals surface area contributed by atoms with Gasteiger partial charge in [-0.2, -0.15) is 0 Å². The SMILES string of the molecule is CC1=C2OC(=O)c3c(C)cc(O)c(C)c3O[C@@H]2[C@@H](C)[C@@H](O)C1=O. The van der Waals surface area contributed by atoms with Crippen LogP contribution in [0, 0.1) is 19.8 Å². The molecule has 0 bridgehead atoms. The van der Waals surface area contributed by atoms with Gasteiger partial charge in [0.1, 0.15) is 23.2 Å². The van der Waals surface area contributed by atoms with E-state index in [1.54, 1.807) is 20.8 Å². The van der Waals surface area contributed by atoms with Crippen molar-refractivity contribution in [3.8, 4) is 11.5 Å². The predicted molar refractivity (Wildman–Crippen MR) is 80.3 cm³/mol. The molecular formula is C17H18O6. The van der Waals surface area contributed by atoms with E-state index in [4.69, 9.17) is 9.47 Å². The molecule has 0 fully saturated rings. The highest BCUT2D eigenvalue weighted by molar-refractivity contribution is 6.02. The van der Waals surface area contributed by atoms with Gasteiger partial charge in [0.25, 0.3) is 0 Å². The average molecular weight is 318 g/mol. The van der Waals surface area contributed by atoms with Gasteiger partial charge in [-0.25, -0.2) is 4.79 Å². The Labute approximate surface area is 133 Å². The van der Waals surface area contributed by atoms with Crippen molar-refractivity contribution in [3.63, 3.8) is 0 Å². The number of aliphatic hydroxyl groups is 1. The topological polar surface area (TPSA) is 93.1 Å². The summed E-state index contributed by atoms with van der Waals surface area (Å²) >= 11 is 0. The summed E-state index contributed by atoms with van der Waals surface area (Å²) < 4.78 is 11.4. The van der Waals surface area contributed by atoms with Gasteiger partial charge in [-0.15, -0.1) is 0 Å². The van der Waals surface area contributed by atoms with Crippen LogP contribution in [0.4, 0.5) is 0 Å². The highest BCUT2D eigenvalue weighted by Gasteiger charge is 2.45. The number of fused-ring (bicyclic) bond motifs is 2. The third kappa shape index (κ3) is 2.13. The van der Waals surface area contributed by atoms with Gasteiger partial charge >= 0.3 is 5.97 Å². The van der Waals surface area contributed by atoms with E-state index >= 15 is 0 Å². The third-order valence-electron chi connectivity index (χ3n) is 4.59. The Balaban J connectivity index is 2.24. The maximum absolute atomic E-state index is 12.5. The van der Waals surface area contributed by atoms with Crippen LogP contribution in [0.2, 0.25) is 0 Å². The minimum Gasteiger partial charge on any atom is -0.508 e. The quantitative estimate of drug-likeness (QED) is 0.708. The van der Waals surface area contributed by atoms with E-state index < -0.39 is 29.9 Å². The monoisotopic (exact) mass is 318 g/mol. The number of aryl methyl sites for hydroxylation is 1. The lowest BCUT2D eigenvalue weighted by Gasteiger charge is -2.33. The second kappa shape index (κ2) is 5.09. The number of hydrogen-bond acceptors (Lipinski definition) is 6. The van der Waals surface area contributed by atoms with Crippen LogP contribution in [-0.4, -0.2) is 34.2 Å². The highest BCUT2D eigenvalue weighted by Crippen LogP contribution is 2.41. The van der Waals surface area contributed by atoms with Gasteiger partial charge in [-0.3, -0.25) is 4.79 Å². The van der Waals surface area contributed by atoms with Crippen molar-refractivity contribution in [1.82, 2.24) is 0 Å². The summed E-state index contributed by atoms with van der Waals surface area (Å²) in [6, 6.07) is 1.47. The predicted octanol–water partition coefficient (Wildman–Crippen LogP) is 1.78. The van der Waals surface area contributed by atoms with Crippen molar-refractivity contribution in [2.24, 2.45) is 5.92 Å². The molecule has 2 aliphatic rings. The molecule has 0 saturated heterocycles. The van der Waals surface area contributed by atoms with Crippen molar-refractivity contribution in [2.45, 2.75) is 39.9 Å². The average Bonchev–Trinajstić information content (AvgIpc) is 2.65. The molecule has 2 N–H and O–H groups in total. The minimum absolute atomic E-state index is 0.0123. The van der Waals surface area contributed by atoms with Crippen molar-refractivity contribution < 1.29 is 29.3 Å². The lowest BCUT2D eigenvalue weighted by atomic mass is 9.84. The second-order valence-corrected chi connectivity index (χ2v) is 6.13. The Kier molecular flexibility index (Phi) is 3.44. The molecule has 0 spiro atoms. The number of phenolic OH excluding ortho intramolecular Hbond substituents is 1. The van der Waals surface area contributed by atoms with Crippen LogP contribution in [0.25, 0.3) is 0 Å². The Morgan fingerprint density at radius 1 is 1.17 bits per heavy atom. The zero-order valence-electron chi connectivity index (χ0n) is 13.3. The lowest BCUT2D eigenvalue weighted by molar-refractivity contribution is -0.129. The standard InChI is InChI=1S/C17H18O6/c1-6-5-10(18)7(2)14-11(6)17(21)23-16-9(4)13(20)12(19)8(3)15(16)22-14/h5,8,12,15,18-19H,1-4H3/t8-,12+,15+/m0/s1. The molecule has 0 unspecified atom stereocenters. The van der Waals surface area contributed by atoms with Gasteiger partial charge in [-0.1, -0.05) is 6.92 Å². The fraction of sp³-hybridized carbons (Fsp3) is 0.412. The van der Waals surface area contributed by atoms with E-state index in [9.17, 15) is 19.8 Å². The molecular weight excluding hydrogens is 300 g/mol. The van der Waals surface area contributed by atoms with E-state index in [1.807, 2.05) is 0 Å². The third-order valence-corrected chi connectivity index (χ3v) is 4.59. The number of ketones is 1. The van der Waals surface area contributed by atoms with Crippen LogP contribution in [-0.2, 0) is 9.53 Å². The number of ether oxygens (including phenoxy) is 2. The second-order valence-electron chi connectivity index (χ2n) is 6.13. The van der Waals surface area contributed by atoms with Crippen molar-refractivity contribution in [2.75, 3.05) is 0 Å². The molecule has 6 heteroatoms. The number of hydrogen-bond donors (Lipinski definition) is 2. The number of benzene rings is 1. The Hall–Kier alpha value is -2.34. The van der Waals surface area contributed by atoms with Crippen molar-refractivity contribution in [1.29, 1.82) is 0 Å². The normalized spacial score (nSPS) is 26.9. The number of phenols is 1. The molecule has 1 aromatic rings. The van der Waals surface area contributed by atoms with E-state index in [1.165, 1.54) is 13.0 Å². The molecule has 1 heterocycles. The zero-order chi connectivity index (χ0) is 17.0. The molecule has 1 aliphatic carbocycles. The Bertz CT molecular complexity index is 761. The number of carbonyl (C=O) groups excluding carboxylic acids is 2. The number of carbonyl (C=O) groups is 2. The largest absolute Gasteiger partial charge is 0.508 e. The summed E-state index contributed by atoms with van der Waals surface area (Å²) in [6.07, 6.45) is -1.99. The molecule has 0 aromatic heterocycles. The van der Waals surface area contributed by atoms with Crippen molar-refractivity contribution in [3.05, 3.63) is 34.1 Å². The molecule has 0 radical (unpaired) electrons. The van der Waals surface area contributed by atoms with E-state index in [2.05, 4.69) is 0 Å². The van der Waals surface area contributed by atoms with Crippen LogP contribution in [0.1, 0.15) is 35.3 Å². The van der Waals surface area contributed by atoms with E-state index in [0.717, 1.165) is 0 Å². The zero-order valence-corrected chi connectivity index (χ0v) is 13.3. The van der Waals surface area contributed by atoms with Crippen LogP contribution >= 0.6 is 0 Å². The first-order valence-electron chi connectivity index (χ1n) is 7.39. The van der Waals surface area contributed by atoms with Crippen LogP contribution in [0.5, 0.6) is 11.5 Å². The van der Waals surface area contributed by atoms with Gasteiger partial charge in [0.15, 0.2) is 17.6 Å². The van der Waals surface area contributed by atoms with Crippen LogP contribution in [0.3, 0.4) is 0 Å². The first-order valence-corrected chi connectivity index (χ1v) is 7.39. The summed E-state index contributed by atoms with van der Waals surface area (Å²) in [5.41, 5.74) is 1.34. The molecule has 0 saturated carbocycles. The molecule has 23 heavy (non-hydrogen) atoms. The maximum Gasteiger partial charge on any atom is 0.347 e. The lowest BCUT2D eigenvalue weighted by Crippen LogP contribution is -2.45.